The number of fused-ring (bicyclic) bond motifs is 1. The second-order valence-electron chi connectivity index (χ2n) is 4.48. The van der Waals surface area contributed by atoms with Gasteiger partial charge in [-0.2, -0.15) is 0 Å². The van der Waals surface area contributed by atoms with Crippen molar-refractivity contribution in [3.8, 4) is 0 Å². The van der Waals surface area contributed by atoms with Crippen molar-refractivity contribution in [2.45, 2.75) is 24.5 Å². The highest BCUT2D eigenvalue weighted by Gasteiger charge is 2.12. The molecular formula is C11H14FN3S. The van der Waals surface area contributed by atoms with E-state index in [-0.39, 0.29) is 11.4 Å². The van der Waals surface area contributed by atoms with Gasteiger partial charge >= 0.3 is 0 Å². The second-order valence-corrected chi connectivity index (χ2v) is 5.44. The smallest absolute Gasteiger partial charge is 0.166 e. The van der Waals surface area contributed by atoms with Crippen molar-refractivity contribution in [3.63, 3.8) is 0 Å². The Labute approximate surface area is 97.6 Å². The van der Waals surface area contributed by atoms with E-state index in [1.54, 1.807) is 17.8 Å². The number of imidazole rings is 1. The van der Waals surface area contributed by atoms with Gasteiger partial charge in [-0.15, -0.1) is 0 Å². The number of nitrogens with two attached hydrogens (primary N) is 1. The summed E-state index contributed by atoms with van der Waals surface area (Å²) in [5, 5.41) is 0.777. The molecule has 86 valence electrons. The molecule has 0 aliphatic carbocycles. The number of halogens is 1. The Balaban J connectivity index is 2.20. The van der Waals surface area contributed by atoms with E-state index >= 15 is 0 Å². The molecule has 0 aliphatic heterocycles. The van der Waals surface area contributed by atoms with Gasteiger partial charge in [0.2, 0.25) is 0 Å². The summed E-state index contributed by atoms with van der Waals surface area (Å²) in [7, 11) is 0. The van der Waals surface area contributed by atoms with Crippen LogP contribution in [0.4, 0.5) is 4.39 Å². The highest BCUT2D eigenvalue weighted by atomic mass is 32.2. The van der Waals surface area contributed by atoms with Crippen LogP contribution in [0.3, 0.4) is 0 Å². The molecule has 0 atom stereocenters. The van der Waals surface area contributed by atoms with Crippen LogP contribution in [0.15, 0.2) is 23.4 Å². The Hall–Kier alpha value is -1.07. The largest absolute Gasteiger partial charge is 0.333 e. The van der Waals surface area contributed by atoms with Crippen LogP contribution >= 0.6 is 11.8 Å². The molecule has 2 rings (SSSR count). The highest BCUT2D eigenvalue weighted by molar-refractivity contribution is 7.99. The minimum atomic E-state index is -0.258. The molecule has 1 heterocycles. The Morgan fingerprint density at radius 2 is 2.25 bits per heavy atom. The number of aromatic amines is 1. The molecule has 5 heteroatoms. The molecule has 0 fully saturated rings. The molecule has 2 aromatic rings. The zero-order valence-electron chi connectivity index (χ0n) is 9.25. The lowest BCUT2D eigenvalue weighted by atomic mass is 10.1. The van der Waals surface area contributed by atoms with Crippen molar-refractivity contribution < 1.29 is 4.39 Å². The normalized spacial score (nSPS) is 12.2. The predicted molar refractivity (Wildman–Crippen MR) is 65.0 cm³/mol. The second kappa shape index (κ2) is 4.07. The van der Waals surface area contributed by atoms with E-state index in [4.69, 9.17) is 5.73 Å². The van der Waals surface area contributed by atoms with Crippen molar-refractivity contribution in [1.82, 2.24) is 9.97 Å². The van der Waals surface area contributed by atoms with Crippen LogP contribution in [0, 0.1) is 5.82 Å². The van der Waals surface area contributed by atoms with Gasteiger partial charge in [0.05, 0.1) is 11.0 Å². The molecular weight excluding hydrogens is 225 g/mol. The first-order valence-electron chi connectivity index (χ1n) is 5.01. The van der Waals surface area contributed by atoms with Gasteiger partial charge in [-0.05, 0) is 32.0 Å². The molecule has 0 amide bonds. The average Bonchev–Trinajstić information content (AvgIpc) is 2.55. The number of thioether (sulfide) groups is 1. The zero-order valence-corrected chi connectivity index (χ0v) is 10.1. The molecule has 0 radical (unpaired) electrons. The topological polar surface area (TPSA) is 54.7 Å². The molecule has 16 heavy (non-hydrogen) atoms. The fourth-order valence-corrected chi connectivity index (χ4v) is 2.13. The summed E-state index contributed by atoms with van der Waals surface area (Å²) in [6.45, 7) is 3.92. The summed E-state index contributed by atoms with van der Waals surface area (Å²) in [5.41, 5.74) is 7.13. The molecule has 0 saturated carbocycles. The Kier molecular flexibility index (Phi) is 2.90. The van der Waals surface area contributed by atoms with Gasteiger partial charge in [-0.1, -0.05) is 11.8 Å². The fourth-order valence-electron chi connectivity index (χ4n) is 1.28. The molecule has 3 N–H and O–H groups in total. The first-order chi connectivity index (χ1) is 7.44. The van der Waals surface area contributed by atoms with Crippen LogP contribution < -0.4 is 5.73 Å². The lowest BCUT2D eigenvalue weighted by molar-refractivity contribution is 0.590. The number of hydrogen-bond acceptors (Lipinski definition) is 3. The third kappa shape index (κ3) is 2.74. The van der Waals surface area contributed by atoms with Crippen molar-refractivity contribution >= 4 is 22.8 Å². The monoisotopic (exact) mass is 239 g/mol. The molecule has 0 saturated heterocycles. The van der Waals surface area contributed by atoms with E-state index in [2.05, 4.69) is 9.97 Å². The number of aromatic nitrogens is 2. The van der Waals surface area contributed by atoms with Crippen LogP contribution in [-0.2, 0) is 0 Å². The van der Waals surface area contributed by atoms with Gasteiger partial charge in [-0.3, -0.25) is 0 Å². The summed E-state index contributed by atoms with van der Waals surface area (Å²) < 4.78 is 12.9. The average molecular weight is 239 g/mol. The number of nitrogens with zero attached hydrogens (tertiary/aromatic N) is 1. The SMILES string of the molecule is CC(C)(N)CSc1nc2ccc(F)cc2[nH]1. The number of benzene rings is 1. The molecule has 0 bridgehead atoms. The van der Waals surface area contributed by atoms with Gasteiger partial charge < -0.3 is 10.7 Å². The van der Waals surface area contributed by atoms with E-state index in [1.165, 1.54) is 12.1 Å². The third-order valence-corrected chi connectivity index (χ3v) is 3.36. The van der Waals surface area contributed by atoms with Crippen LogP contribution in [0.5, 0.6) is 0 Å². The predicted octanol–water partition coefficient (Wildman–Crippen LogP) is 2.53. The molecule has 3 nitrogen and oxygen atoms in total. The fraction of sp³-hybridized carbons (Fsp3) is 0.364. The number of H-pyrrole nitrogens is 1. The Bertz CT molecular complexity index is 501. The zero-order chi connectivity index (χ0) is 11.8. The van der Waals surface area contributed by atoms with Gasteiger partial charge in [0.15, 0.2) is 5.16 Å². The first kappa shape index (κ1) is 11.4. The Morgan fingerprint density at radius 1 is 1.50 bits per heavy atom. The highest BCUT2D eigenvalue weighted by Crippen LogP contribution is 2.22. The molecule has 0 unspecified atom stereocenters. The molecule has 0 spiro atoms. The lowest BCUT2D eigenvalue weighted by Crippen LogP contribution is -2.34. The van der Waals surface area contributed by atoms with Crippen LogP contribution in [0.1, 0.15) is 13.8 Å². The maximum atomic E-state index is 12.9. The van der Waals surface area contributed by atoms with E-state index in [9.17, 15) is 4.39 Å². The van der Waals surface area contributed by atoms with Gasteiger partial charge in [-0.25, -0.2) is 9.37 Å². The number of rotatable bonds is 3. The van der Waals surface area contributed by atoms with Crippen LogP contribution in [0.2, 0.25) is 0 Å². The number of nitrogens with one attached hydrogen (secondary N) is 1. The van der Waals surface area contributed by atoms with E-state index in [1.807, 2.05) is 13.8 Å². The Morgan fingerprint density at radius 3 is 2.94 bits per heavy atom. The standard InChI is InChI=1S/C11H14FN3S/c1-11(2,13)6-16-10-14-8-4-3-7(12)5-9(8)15-10/h3-5H,6,13H2,1-2H3,(H,14,15). The van der Waals surface area contributed by atoms with Gasteiger partial charge in [0.25, 0.3) is 0 Å². The van der Waals surface area contributed by atoms with Gasteiger partial charge in [0, 0.05) is 11.3 Å². The summed E-state index contributed by atoms with van der Waals surface area (Å²) >= 11 is 1.54. The van der Waals surface area contributed by atoms with Crippen LogP contribution in [0.25, 0.3) is 11.0 Å². The van der Waals surface area contributed by atoms with Crippen molar-refractivity contribution in [2.75, 3.05) is 5.75 Å². The third-order valence-electron chi connectivity index (χ3n) is 2.00. The van der Waals surface area contributed by atoms with Crippen molar-refractivity contribution in [2.24, 2.45) is 5.73 Å². The molecule has 0 aliphatic rings. The lowest BCUT2D eigenvalue weighted by Gasteiger charge is -2.16. The summed E-state index contributed by atoms with van der Waals surface area (Å²) in [4.78, 5) is 7.41. The maximum Gasteiger partial charge on any atom is 0.166 e. The van der Waals surface area contributed by atoms with Crippen LogP contribution in [-0.4, -0.2) is 21.3 Å². The minimum absolute atomic E-state index is 0.241. The molecule has 1 aromatic carbocycles. The summed E-state index contributed by atoms with van der Waals surface area (Å²) in [6.07, 6.45) is 0. The summed E-state index contributed by atoms with van der Waals surface area (Å²) in [5.74, 6) is 0.502. The van der Waals surface area contributed by atoms with Crippen molar-refractivity contribution in [3.05, 3.63) is 24.0 Å². The number of hydrogen-bond donors (Lipinski definition) is 2. The van der Waals surface area contributed by atoms with Crippen molar-refractivity contribution in [1.29, 1.82) is 0 Å². The van der Waals surface area contributed by atoms with E-state index in [0.29, 0.717) is 0 Å². The van der Waals surface area contributed by atoms with E-state index in [0.717, 1.165) is 21.9 Å². The van der Waals surface area contributed by atoms with Gasteiger partial charge in [0.1, 0.15) is 5.82 Å². The van der Waals surface area contributed by atoms with E-state index < -0.39 is 0 Å². The summed E-state index contributed by atoms with van der Waals surface area (Å²) in [6, 6.07) is 4.52. The maximum absolute atomic E-state index is 12.9. The molecule has 1 aromatic heterocycles. The quantitative estimate of drug-likeness (QED) is 0.809. The first-order valence-corrected chi connectivity index (χ1v) is 5.99. The minimum Gasteiger partial charge on any atom is -0.333 e.